The van der Waals surface area contributed by atoms with E-state index in [1.54, 1.807) is 19.1 Å². The average molecular weight is 398 g/mol. The summed E-state index contributed by atoms with van der Waals surface area (Å²) < 4.78 is 27.7. The first kappa shape index (κ1) is 18.1. The zero-order valence-corrected chi connectivity index (χ0v) is 15.3. The quantitative estimate of drug-likeness (QED) is 0.753. The Hall–Kier alpha value is -1.21. The van der Waals surface area contributed by atoms with Crippen molar-refractivity contribution in [2.45, 2.75) is 30.3 Å². The summed E-state index contributed by atoms with van der Waals surface area (Å²) >= 11 is 3.27. The van der Waals surface area contributed by atoms with Crippen molar-refractivity contribution in [3.8, 4) is 0 Å². The molecule has 0 heterocycles. The maximum Gasteiger partial charge on any atom is 0.240 e. The Kier molecular flexibility index (Phi) is 5.97. The predicted molar refractivity (Wildman–Crippen MR) is 94.7 cm³/mol. The fourth-order valence-corrected chi connectivity index (χ4v) is 3.52. The summed E-state index contributed by atoms with van der Waals surface area (Å²) in [7, 11) is -3.62. The Labute approximate surface area is 145 Å². The normalized spacial score (nSPS) is 14.4. The van der Waals surface area contributed by atoms with Crippen molar-refractivity contribution >= 4 is 26.0 Å². The van der Waals surface area contributed by atoms with E-state index in [9.17, 15) is 13.5 Å². The average Bonchev–Trinajstić information content (AvgIpc) is 2.53. The topological polar surface area (TPSA) is 66.4 Å². The van der Waals surface area contributed by atoms with Crippen LogP contribution in [0.1, 0.15) is 18.9 Å². The van der Waals surface area contributed by atoms with Crippen LogP contribution in [0.25, 0.3) is 0 Å². The Morgan fingerprint density at radius 3 is 2.30 bits per heavy atom. The summed E-state index contributed by atoms with van der Waals surface area (Å²) in [6.45, 7) is 1.61. The fourth-order valence-electron chi connectivity index (χ4n) is 2.09. The van der Waals surface area contributed by atoms with E-state index in [2.05, 4.69) is 20.7 Å². The molecular formula is C17H20BrNO3S. The third-order valence-corrected chi connectivity index (χ3v) is 5.51. The Morgan fingerprint density at radius 2 is 1.70 bits per heavy atom. The zero-order valence-electron chi connectivity index (χ0n) is 12.9. The molecule has 0 fully saturated rings. The lowest BCUT2D eigenvalue weighted by molar-refractivity contribution is 0.0565. The molecule has 2 aromatic carbocycles. The number of hydrogen-bond donors (Lipinski definition) is 2. The van der Waals surface area contributed by atoms with E-state index in [0.29, 0.717) is 12.8 Å². The van der Waals surface area contributed by atoms with Crippen molar-refractivity contribution in [3.05, 3.63) is 64.6 Å². The molecular weight excluding hydrogens is 378 g/mol. The van der Waals surface area contributed by atoms with Gasteiger partial charge in [0.2, 0.25) is 10.0 Å². The van der Waals surface area contributed by atoms with Crippen LogP contribution in [-0.4, -0.2) is 25.7 Å². The highest BCUT2D eigenvalue weighted by molar-refractivity contribution is 9.10. The third-order valence-electron chi connectivity index (χ3n) is 3.56. The van der Waals surface area contributed by atoms with Crippen LogP contribution in [0.2, 0.25) is 0 Å². The highest BCUT2D eigenvalue weighted by atomic mass is 79.9. The molecule has 0 saturated heterocycles. The minimum Gasteiger partial charge on any atom is -0.389 e. The molecule has 0 bridgehead atoms. The van der Waals surface area contributed by atoms with Crippen LogP contribution in [0.3, 0.4) is 0 Å². The van der Waals surface area contributed by atoms with E-state index in [1.165, 1.54) is 12.1 Å². The van der Waals surface area contributed by atoms with Gasteiger partial charge in [-0.15, -0.1) is 0 Å². The Bertz CT molecular complexity index is 728. The number of hydrogen-bond acceptors (Lipinski definition) is 3. The van der Waals surface area contributed by atoms with Gasteiger partial charge in [-0.05, 0) is 49.6 Å². The molecule has 1 atom stereocenters. The lowest BCUT2D eigenvalue weighted by Gasteiger charge is -2.23. The monoisotopic (exact) mass is 397 g/mol. The molecule has 0 aliphatic carbocycles. The van der Waals surface area contributed by atoms with Crippen LogP contribution in [0.15, 0.2) is 64.0 Å². The molecule has 2 rings (SSSR count). The van der Waals surface area contributed by atoms with Gasteiger partial charge >= 0.3 is 0 Å². The highest BCUT2D eigenvalue weighted by Crippen LogP contribution is 2.17. The van der Waals surface area contributed by atoms with Gasteiger partial charge in [-0.1, -0.05) is 46.3 Å². The van der Waals surface area contributed by atoms with Gasteiger partial charge < -0.3 is 5.11 Å². The van der Waals surface area contributed by atoms with Gasteiger partial charge in [-0.3, -0.25) is 0 Å². The second-order valence-corrected chi connectivity index (χ2v) is 8.44. The van der Waals surface area contributed by atoms with Gasteiger partial charge in [0.25, 0.3) is 0 Å². The van der Waals surface area contributed by atoms with Crippen molar-refractivity contribution in [1.82, 2.24) is 4.72 Å². The molecule has 4 nitrogen and oxygen atoms in total. The van der Waals surface area contributed by atoms with E-state index < -0.39 is 15.6 Å². The highest BCUT2D eigenvalue weighted by Gasteiger charge is 2.24. The number of halogens is 1. The molecule has 23 heavy (non-hydrogen) atoms. The Balaban J connectivity index is 1.93. The molecule has 0 aromatic heterocycles. The summed E-state index contributed by atoms with van der Waals surface area (Å²) in [5.41, 5.74) is 0.00157. The molecule has 0 spiro atoms. The van der Waals surface area contributed by atoms with Gasteiger partial charge in [0.1, 0.15) is 0 Å². The SMILES string of the molecule is CC(O)(CCc1ccccc1)CNS(=O)(=O)c1ccc(Br)cc1. The molecule has 0 radical (unpaired) electrons. The van der Waals surface area contributed by atoms with Crippen LogP contribution in [0.4, 0.5) is 0 Å². The van der Waals surface area contributed by atoms with Crippen molar-refractivity contribution in [1.29, 1.82) is 0 Å². The van der Waals surface area contributed by atoms with Crippen LogP contribution in [0, 0.1) is 0 Å². The summed E-state index contributed by atoms with van der Waals surface area (Å²) in [4.78, 5) is 0.180. The number of aliphatic hydroxyl groups is 1. The molecule has 1 unspecified atom stereocenters. The van der Waals surface area contributed by atoms with E-state index in [1.807, 2.05) is 30.3 Å². The molecule has 0 aliphatic heterocycles. The van der Waals surface area contributed by atoms with Gasteiger partial charge in [-0.25, -0.2) is 13.1 Å². The lowest BCUT2D eigenvalue weighted by atomic mass is 9.97. The molecule has 6 heteroatoms. The Morgan fingerprint density at radius 1 is 1.09 bits per heavy atom. The first-order valence-electron chi connectivity index (χ1n) is 7.30. The standard InChI is InChI=1S/C17H20BrNO3S/c1-17(20,12-11-14-5-3-2-4-6-14)13-19-23(21,22)16-9-7-15(18)8-10-16/h2-10,19-20H,11-13H2,1H3. The largest absolute Gasteiger partial charge is 0.389 e. The van der Waals surface area contributed by atoms with Crippen LogP contribution < -0.4 is 4.72 Å². The van der Waals surface area contributed by atoms with Crippen molar-refractivity contribution in [2.75, 3.05) is 6.54 Å². The van der Waals surface area contributed by atoms with Crippen molar-refractivity contribution in [2.24, 2.45) is 0 Å². The van der Waals surface area contributed by atoms with Gasteiger partial charge in [-0.2, -0.15) is 0 Å². The van der Waals surface area contributed by atoms with Crippen LogP contribution in [-0.2, 0) is 16.4 Å². The lowest BCUT2D eigenvalue weighted by Crippen LogP contribution is -2.40. The molecule has 0 saturated carbocycles. The smallest absolute Gasteiger partial charge is 0.240 e. The molecule has 0 amide bonds. The minimum absolute atomic E-state index is 0.0295. The summed E-state index contributed by atoms with van der Waals surface area (Å²) in [5, 5.41) is 10.4. The second-order valence-electron chi connectivity index (χ2n) is 5.76. The predicted octanol–water partition coefficient (Wildman–Crippen LogP) is 3.11. The summed E-state index contributed by atoms with van der Waals surface area (Å²) in [6.07, 6.45) is 1.16. The number of nitrogens with one attached hydrogen (secondary N) is 1. The molecule has 2 aromatic rings. The minimum atomic E-state index is -3.62. The van der Waals surface area contributed by atoms with Crippen molar-refractivity contribution < 1.29 is 13.5 Å². The van der Waals surface area contributed by atoms with Gasteiger partial charge in [0, 0.05) is 11.0 Å². The second kappa shape index (κ2) is 7.57. The number of aryl methyl sites for hydroxylation is 1. The van der Waals surface area contributed by atoms with Crippen molar-refractivity contribution in [3.63, 3.8) is 0 Å². The van der Waals surface area contributed by atoms with Gasteiger partial charge in [0.15, 0.2) is 0 Å². The van der Waals surface area contributed by atoms with E-state index >= 15 is 0 Å². The van der Waals surface area contributed by atoms with E-state index in [0.717, 1.165) is 10.0 Å². The molecule has 2 N–H and O–H groups in total. The number of sulfonamides is 1. The summed E-state index contributed by atoms with van der Waals surface area (Å²) in [6, 6.07) is 16.2. The number of benzene rings is 2. The maximum atomic E-state index is 12.2. The maximum absolute atomic E-state index is 12.2. The molecule has 0 aliphatic rings. The first-order chi connectivity index (χ1) is 10.8. The van der Waals surface area contributed by atoms with Crippen LogP contribution in [0.5, 0.6) is 0 Å². The van der Waals surface area contributed by atoms with E-state index in [-0.39, 0.29) is 11.4 Å². The third kappa shape index (κ3) is 5.73. The molecule has 124 valence electrons. The van der Waals surface area contributed by atoms with E-state index in [4.69, 9.17) is 0 Å². The van der Waals surface area contributed by atoms with Gasteiger partial charge in [0.05, 0.1) is 10.5 Å². The summed E-state index contributed by atoms with van der Waals surface area (Å²) in [5.74, 6) is 0. The first-order valence-corrected chi connectivity index (χ1v) is 9.58. The van der Waals surface area contributed by atoms with Crippen LogP contribution >= 0.6 is 15.9 Å². The number of rotatable bonds is 7. The zero-order chi connectivity index (χ0) is 16.9. The fraction of sp³-hybridized carbons (Fsp3) is 0.294.